The van der Waals surface area contributed by atoms with Crippen molar-refractivity contribution in [3.63, 3.8) is 0 Å². The van der Waals surface area contributed by atoms with Gasteiger partial charge in [-0.2, -0.15) is 0 Å². The highest BCUT2D eigenvalue weighted by Gasteiger charge is 2.15. The van der Waals surface area contributed by atoms with Gasteiger partial charge in [-0.1, -0.05) is 18.5 Å². The lowest BCUT2D eigenvalue weighted by molar-refractivity contribution is 0.623. The third kappa shape index (κ3) is 2.86. The van der Waals surface area contributed by atoms with Crippen LogP contribution >= 0.6 is 11.6 Å². The average molecular weight is 242 g/mol. The van der Waals surface area contributed by atoms with Crippen LogP contribution in [0.1, 0.15) is 32.8 Å². The smallest absolute Gasteiger partial charge is 0.147 e. The highest BCUT2D eigenvalue weighted by atomic mass is 35.5. The molecule has 1 heterocycles. The lowest BCUT2D eigenvalue weighted by atomic mass is 10.2. The Balaban J connectivity index is 3.01. The number of hydrogen-bond acceptors (Lipinski definition) is 3. The summed E-state index contributed by atoms with van der Waals surface area (Å²) in [4.78, 5) is 6.61. The number of anilines is 1. The monoisotopic (exact) mass is 241 g/mol. The second-order valence-electron chi connectivity index (χ2n) is 3.90. The first-order chi connectivity index (χ1) is 7.63. The van der Waals surface area contributed by atoms with Crippen molar-refractivity contribution in [3.05, 3.63) is 22.8 Å². The van der Waals surface area contributed by atoms with E-state index in [1.54, 1.807) is 6.20 Å². The minimum absolute atomic E-state index is 0.443. The first kappa shape index (κ1) is 13.3. The number of halogens is 1. The van der Waals surface area contributed by atoms with E-state index in [4.69, 9.17) is 17.3 Å². The molecule has 0 aliphatic heterocycles. The Morgan fingerprint density at radius 3 is 2.62 bits per heavy atom. The highest BCUT2D eigenvalue weighted by molar-refractivity contribution is 6.33. The van der Waals surface area contributed by atoms with Gasteiger partial charge in [-0.25, -0.2) is 4.98 Å². The van der Waals surface area contributed by atoms with Gasteiger partial charge in [0.05, 0.1) is 5.02 Å². The van der Waals surface area contributed by atoms with Crippen LogP contribution in [-0.4, -0.2) is 17.6 Å². The molecule has 1 atom stereocenters. The first-order valence-electron chi connectivity index (χ1n) is 5.75. The molecule has 1 aromatic heterocycles. The summed E-state index contributed by atoms with van der Waals surface area (Å²) in [5.74, 6) is 0.857. The van der Waals surface area contributed by atoms with Crippen molar-refractivity contribution in [2.45, 2.75) is 39.8 Å². The number of nitrogens with two attached hydrogens (primary N) is 1. The zero-order valence-corrected chi connectivity index (χ0v) is 11.0. The van der Waals surface area contributed by atoms with Crippen molar-refractivity contribution in [1.29, 1.82) is 0 Å². The normalized spacial score (nSPS) is 12.6. The van der Waals surface area contributed by atoms with E-state index < -0.39 is 0 Å². The van der Waals surface area contributed by atoms with Gasteiger partial charge >= 0.3 is 0 Å². The zero-order valence-electron chi connectivity index (χ0n) is 10.2. The summed E-state index contributed by atoms with van der Waals surface area (Å²) in [5.41, 5.74) is 6.52. The molecule has 0 fully saturated rings. The Hall–Kier alpha value is -0.800. The van der Waals surface area contributed by atoms with Gasteiger partial charge in [-0.15, -0.1) is 0 Å². The second kappa shape index (κ2) is 6.06. The maximum Gasteiger partial charge on any atom is 0.147 e. The average Bonchev–Trinajstić information content (AvgIpc) is 2.31. The molecule has 0 aromatic carbocycles. The van der Waals surface area contributed by atoms with Crippen LogP contribution in [0.15, 0.2) is 12.3 Å². The van der Waals surface area contributed by atoms with Crippen LogP contribution < -0.4 is 10.6 Å². The molecule has 16 heavy (non-hydrogen) atoms. The summed E-state index contributed by atoms with van der Waals surface area (Å²) in [6.45, 7) is 7.83. The number of pyridine rings is 1. The maximum absolute atomic E-state index is 6.22. The van der Waals surface area contributed by atoms with Crippen LogP contribution in [0.25, 0.3) is 0 Å². The van der Waals surface area contributed by atoms with E-state index in [2.05, 4.69) is 30.7 Å². The molecule has 0 amide bonds. The van der Waals surface area contributed by atoms with E-state index in [0.717, 1.165) is 24.3 Å². The third-order valence-electron chi connectivity index (χ3n) is 2.85. The van der Waals surface area contributed by atoms with Crippen molar-refractivity contribution in [3.8, 4) is 0 Å². The summed E-state index contributed by atoms with van der Waals surface area (Å²) in [7, 11) is 0. The largest absolute Gasteiger partial charge is 0.353 e. The standard InChI is InChI=1S/C12H20ClN3/c1-4-9(3)16(5-2)12-11(13)6-10(7-14)8-15-12/h6,8-9H,4-5,7,14H2,1-3H3. The molecule has 0 aliphatic carbocycles. The van der Waals surface area contributed by atoms with Crippen LogP contribution in [0, 0.1) is 0 Å². The quantitative estimate of drug-likeness (QED) is 0.862. The molecule has 90 valence electrons. The number of hydrogen-bond donors (Lipinski definition) is 1. The molecule has 0 bridgehead atoms. The fourth-order valence-electron chi connectivity index (χ4n) is 1.68. The molecule has 0 aliphatic rings. The van der Waals surface area contributed by atoms with Crippen LogP contribution in [0.4, 0.5) is 5.82 Å². The van der Waals surface area contributed by atoms with E-state index >= 15 is 0 Å². The predicted molar refractivity (Wildman–Crippen MR) is 69.9 cm³/mol. The van der Waals surface area contributed by atoms with E-state index in [1.165, 1.54) is 0 Å². The number of aromatic nitrogens is 1. The summed E-state index contributed by atoms with van der Waals surface area (Å²) >= 11 is 6.22. The van der Waals surface area contributed by atoms with Gasteiger partial charge in [0.15, 0.2) is 0 Å². The number of rotatable bonds is 5. The van der Waals surface area contributed by atoms with Gasteiger partial charge in [0, 0.05) is 25.3 Å². The van der Waals surface area contributed by atoms with Crippen molar-refractivity contribution < 1.29 is 0 Å². The molecule has 0 saturated heterocycles. The lowest BCUT2D eigenvalue weighted by Gasteiger charge is -2.29. The van der Waals surface area contributed by atoms with Gasteiger partial charge in [0.25, 0.3) is 0 Å². The molecule has 0 saturated carbocycles. The molecule has 1 rings (SSSR count). The van der Waals surface area contributed by atoms with Gasteiger partial charge < -0.3 is 10.6 Å². The van der Waals surface area contributed by atoms with Gasteiger partial charge in [0.2, 0.25) is 0 Å². The van der Waals surface area contributed by atoms with E-state index in [0.29, 0.717) is 17.6 Å². The minimum Gasteiger partial charge on any atom is -0.353 e. The molecule has 1 aromatic rings. The Kier molecular flexibility index (Phi) is 5.03. The topological polar surface area (TPSA) is 42.2 Å². The summed E-state index contributed by atoms with van der Waals surface area (Å²) < 4.78 is 0. The SMILES string of the molecule is CCC(C)N(CC)c1ncc(CN)cc1Cl. The van der Waals surface area contributed by atoms with E-state index in [-0.39, 0.29) is 0 Å². The molecule has 0 spiro atoms. The van der Waals surface area contributed by atoms with Gasteiger partial charge in [-0.3, -0.25) is 0 Å². The third-order valence-corrected chi connectivity index (χ3v) is 3.13. The second-order valence-corrected chi connectivity index (χ2v) is 4.30. The number of nitrogens with zero attached hydrogens (tertiary/aromatic N) is 2. The summed E-state index contributed by atoms with van der Waals surface area (Å²) in [6.07, 6.45) is 2.87. The van der Waals surface area contributed by atoms with E-state index in [9.17, 15) is 0 Å². The van der Waals surface area contributed by atoms with Crippen LogP contribution in [0.3, 0.4) is 0 Å². The first-order valence-corrected chi connectivity index (χ1v) is 6.12. The fourth-order valence-corrected chi connectivity index (χ4v) is 1.98. The predicted octanol–water partition coefficient (Wildman–Crippen LogP) is 2.82. The van der Waals surface area contributed by atoms with Crippen LogP contribution in [-0.2, 0) is 6.54 Å². The maximum atomic E-state index is 6.22. The molecule has 0 radical (unpaired) electrons. The molecule has 4 heteroatoms. The summed E-state index contributed by atoms with van der Waals surface area (Å²) in [5, 5.41) is 0.685. The van der Waals surface area contributed by atoms with Crippen molar-refractivity contribution >= 4 is 17.4 Å². The highest BCUT2D eigenvalue weighted by Crippen LogP contribution is 2.26. The van der Waals surface area contributed by atoms with Crippen molar-refractivity contribution in [1.82, 2.24) is 4.98 Å². The Morgan fingerprint density at radius 1 is 1.50 bits per heavy atom. The van der Waals surface area contributed by atoms with Crippen LogP contribution in [0.5, 0.6) is 0 Å². The molecule has 2 N–H and O–H groups in total. The summed E-state index contributed by atoms with van der Waals surface area (Å²) in [6, 6.07) is 2.34. The Bertz CT molecular complexity index is 341. The molecular formula is C12H20ClN3. The minimum atomic E-state index is 0.443. The lowest BCUT2D eigenvalue weighted by Crippen LogP contribution is -2.33. The Morgan fingerprint density at radius 2 is 2.19 bits per heavy atom. The van der Waals surface area contributed by atoms with E-state index in [1.807, 2.05) is 6.07 Å². The van der Waals surface area contributed by atoms with Gasteiger partial charge in [-0.05, 0) is 31.9 Å². The van der Waals surface area contributed by atoms with Crippen LogP contribution in [0.2, 0.25) is 5.02 Å². The molecule has 1 unspecified atom stereocenters. The molecule has 3 nitrogen and oxygen atoms in total. The zero-order chi connectivity index (χ0) is 12.1. The van der Waals surface area contributed by atoms with Gasteiger partial charge in [0.1, 0.15) is 5.82 Å². The Labute approximate surface area is 103 Å². The van der Waals surface area contributed by atoms with Crippen molar-refractivity contribution in [2.75, 3.05) is 11.4 Å². The van der Waals surface area contributed by atoms with Crippen molar-refractivity contribution in [2.24, 2.45) is 5.73 Å². The molecular weight excluding hydrogens is 222 g/mol. The fraction of sp³-hybridized carbons (Fsp3) is 0.583.